The molecule has 0 aromatic rings. The second-order valence-corrected chi connectivity index (χ2v) is 3.41. The zero-order chi connectivity index (χ0) is 4.28. The number of alkyl halides is 2. The smallest absolute Gasteiger partial charge is 0.215 e. The summed E-state index contributed by atoms with van der Waals surface area (Å²) in [7, 11) is -1.17. The monoisotopic (exact) mass is 160 g/mol. The Kier molecular flexibility index (Phi) is 3.09. The predicted octanol–water partition coefficient (Wildman–Crippen LogP) is 0.688. The summed E-state index contributed by atoms with van der Waals surface area (Å²) in [6.07, 6.45) is 0. The van der Waals surface area contributed by atoms with Crippen molar-refractivity contribution in [3.05, 3.63) is 0 Å². The number of rotatable bonds is 1. The van der Waals surface area contributed by atoms with Crippen LogP contribution in [0.15, 0.2) is 0 Å². The van der Waals surface area contributed by atoms with Gasteiger partial charge in [0.2, 0.25) is 6.05 Å². The Morgan fingerprint density at radius 3 is 1.80 bits per heavy atom. The molecule has 0 aromatic carbocycles. The second kappa shape index (κ2) is 2.78. The molecule has 0 aromatic heterocycles. The Morgan fingerprint density at radius 1 is 1.60 bits per heavy atom. The molecule has 0 atom stereocenters. The van der Waals surface area contributed by atoms with Crippen LogP contribution >= 0.6 is 15.3 Å². The molecule has 0 saturated carbocycles. The van der Waals surface area contributed by atoms with Gasteiger partial charge in [0.15, 0.2) is 8.14 Å². The summed E-state index contributed by atoms with van der Waals surface area (Å²) < 4.78 is 21.6. The summed E-state index contributed by atoms with van der Waals surface area (Å²) in [5.74, 6) is 0. The van der Waals surface area contributed by atoms with Crippen LogP contribution in [0, 0.1) is 0 Å². The Bertz CT molecular complexity index is 23.6. The molecule has 5 heavy (non-hydrogen) atoms. The average Bonchev–Trinajstić information content (AvgIpc) is 1.38. The molecule has 0 fully saturated rings. The molecule has 0 aliphatic rings. The van der Waals surface area contributed by atoms with Gasteiger partial charge >= 0.3 is 0 Å². The van der Waals surface area contributed by atoms with Crippen LogP contribution in [0.3, 0.4) is 0 Å². The summed E-state index contributed by atoms with van der Waals surface area (Å²) in [6.45, 7) is 0. The zero-order valence-electron chi connectivity index (χ0n) is 2.42. The van der Waals surface area contributed by atoms with Crippen molar-refractivity contribution in [2.24, 2.45) is 0 Å². The van der Waals surface area contributed by atoms with Crippen LogP contribution < -0.4 is 0 Å². The molecule has 0 bridgehead atoms. The van der Waals surface area contributed by atoms with Crippen molar-refractivity contribution >= 4 is 23.4 Å². The van der Waals surface area contributed by atoms with Crippen molar-refractivity contribution in [1.29, 1.82) is 0 Å². The largest absolute Gasteiger partial charge is 0.226 e. The van der Waals surface area contributed by atoms with Crippen molar-refractivity contribution in [2.75, 3.05) is 0 Å². The molecular formula is CH3BrF2Si. The highest BCUT2D eigenvalue weighted by Gasteiger charge is 1.94. The minimum atomic E-state index is -2.06. The highest BCUT2D eigenvalue weighted by molar-refractivity contribution is 9.23. The van der Waals surface area contributed by atoms with Crippen molar-refractivity contribution in [3.8, 4) is 0 Å². The third kappa shape index (κ3) is 4.56. The molecule has 0 radical (unpaired) electrons. The van der Waals surface area contributed by atoms with Gasteiger partial charge in [-0.25, -0.2) is 8.78 Å². The third-order valence-corrected chi connectivity index (χ3v) is 1.82. The second-order valence-electron chi connectivity index (χ2n) is 0.545. The molecule has 4 heteroatoms. The molecule has 0 heterocycles. The van der Waals surface area contributed by atoms with E-state index in [4.69, 9.17) is 0 Å². The third-order valence-electron chi connectivity index (χ3n) is 0.117. The molecule has 0 aliphatic carbocycles. The first-order valence-electron chi connectivity index (χ1n) is 1.11. The molecule has 0 saturated heterocycles. The Hall–Kier alpha value is 0.557. The SMILES string of the molecule is FC(F)[SiH2]Br. The molecule has 0 unspecified atom stereocenters. The van der Waals surface area contributed by atoms with Crippen LogP contribution in [-0.2, 0) is 0 Å². The van der Waals surface area contributed by atoms with Crippen LogP contribution in [0.4, 0.5) is 8.78 Å². The van der Waals surface area contributed by atoms with Gasteiger partial charge in [-0.15, -0.1) is 15.3 Å². The van der Waals surface area contributed by atoms with Crippen molar-refractivity contribution in [3.63, 3.8) is 0 Å². The molecule has 0 spiro atoms. The summed E-state index contributed by atoms with van der Waals surface area (Å²) in [5.41, 5.74) is 0. The van der Waals surface area contributed by atoms with Gasteiger partial charge in [0, 0.05) is 0 Å². The van der Waals surface area contributed by atoms with Crippen molar-refractivity contribution in [1.82, 2.24) is 0 Å². The lowest BCUT2D eigenvalue weighted by Crippen LogP contribution is -1.91. The van der Waals surface area contributed by atoms with Gasteiger partial charge in [0.25, 0.3) is 0 Å². The van der Waals surface area contributed by atoms with E-state index in [0.29, 0.717) is 0 Å². The van der Waals surface area contributed by atoms with E-state index in [1.54, 1.807) is 0 Å². The maximum atomic E-state index is 10.8. The summed E-state index contributed by atoms with van der Waals surface area (Å²) in [4.78, 5) is 0. The fourth-order valence-corrected chi connectivity index (χ4v) is 0. The van der Waals surface area contributed by atoms with Crippen LogP contribution in [0.2, 0.25) is 0 Å². The van der Waals surface area contributed by atoms with E-state index in [1.165, 1.54) is 0 Å². The topological polar surface area (TPSA) is 0 Å². The molecule has 0 amide bonds. The standard InChI is InChI=1S/CH3BrF2Si/c2-5-1(3)4/h1H,5H2. The van der Waals surface area contributed by atoms with E-state index in [2.05, 4.69) is 15.3 Å². The average molecular weight is 161 g/mol. The molecule has 0 nitrogen and oxygen atoms in total. The van der Waals surface area contributed by atoms with Crippen molar-refractivity contribution < 1.29 is 8.78 Å². The van der Waals surface area contributed by atoms with E-state index >= 15 is 0 Å². The fraction of sp³-hybridized carbons (Fsp3) is 1.00. The van der Waals surface area contributed by atoms with Gasteiger partial charge in [-0.2, -0.15) is 0 Å². The van der Waals surface area contributed by atoms with Gasteiger partial charge in [-0.1, -0.05) is 0 Å². The van der Waals surface area contributed by atoms with Gasteiger partial charge < -0.3 is 0 Å². The normalized spacial score (nSPS) is 12.0. The van der Waals surface area contributed by atoms with Gasteiger partial charge in [-0.05, 0) is 0 Å². The minimum absolute atomic E-state index is 1.17. The lowest BCUT2D eigenvalue weighted by Gasteiger charge is -1.78. The first-order valence-corrected chi connectivity index (χ1v) is 5.83. The molecule has 0 rings (SSSR count). The summed E-state index contributed by atoms with van der Waals surface area (Å²) in [5, 5.41) is 0. The summed E-state index contributed by atoms with van der Waals surface area (Å²) in [6, 6.07) is -2.06. The van der Waals surface area contributed by atoms with Crippen molar-refractivity contribution in [2.45, 2.75) is 6.05 Å². The highest BCUT2D eigenvalue weighted by Crippen LogP contribution is 1.90. The maximum Gasteiger partial charge on any atom is 0.226 e. The summed E-state index contributed by atoms with van der Waals surface area (Å²) >= 11 is 2.70. The van der Waals surface area contributed by atoms with Crippen LogP contribution in [0.25, 0.3) is 0 Å². The molecule has 0 aliphatic heterocycles. The highest BCUT2D eigenvalue weighted by atomic mass is 79.9. The van der Waals surface area contributed by atoms with Crippen LogP contribution in [0.5, 0.6) is 0 Å². The Labute approximate surface area is 39.0 Å². The van der Waals surface area contributed by atoms with Gasteiger partial charge in [-0.3, -0.25) is 0 Å². The number of hydrogen-bond acceptors (Lipinski definition) is 0. The quantitative estimate of drug-likeness (QED) is 0.392. The minimum Gasteiger partial charge on any atom is -0.215 e. The molecule has 0 N–H and O–H groups in total. The predicted molar refractivity (Wildman–Crippen MR) is 23.5 cm³/mol. The Balaban J connectivity index is 2.54. The lowest BCUT2D eigenvalue weighted by molar-refractivity contribution is 0.241. The zero-order valence-corrected chi connectivity index (χ0v) is 5.42. The van der Waals surface area contributed by atoms with Gasteiger partial charge in [0.1, 0.15) is 0 Å². The Morgan fingerprint density at radius 2 is 1.80 bits per heavy atom. The van der Waals surface area contributed by atoms with E-state index in [0.717, 1.165) is 0 Å². The molecule has 32 valence electrons. The molecular weight excluding hydrogens is 158 g/mol. The van der Waals surface area contributed by atoms with E-state index < -0.39 is 14.2 Å². The number of halogens is 3. The first kappa shape index (κ1) is 5.56. The van der Waals surface area contributed by atoms with Crippen LogP contribution in [0.1, 0.15) is 0 Å². The van der Waals surface area contributed by atoms with E-state index in [9.17, 15) is 8.78 Å². The number of hydrogen-bond donors (Lipinski definition) is 0. The van der Waals surface area contributed by atoms with E-state index in [-0.39, 0.29) is 0 Å². The maximum absolute atomic E-state index is 10.8. The van der Waals surface area contributed by atoms with Crippen LogP contribution in [-0.4, -0.2) is 14.2 Å². The lowest BCUT2D eigenvalue weighted by atomic mass is 11.7. The fourth-order valence-electron chi connectivity index (χ4n) is 0. The van der Waals surface area contributed by atoms with Gasteiger partial charge in [0.05, 0.1) is 0 Å². The first-order chi connectivity index (χ1) is 2.27. The van der Waals surface area contributed by atoms with E-state index in [1.807, 2.05) is 0 Å².